The Hall–Kier alpha value is 0.790. The zero-order valence-corrected chi connectivity index (χ0v) is 10.7. The molecule has 0 aromatic heterocycles. The highest BCUT2D eigenvalue weighted by molar-refractivity contribution is 8.36. The molecule has 12 heavy (non-hydrogen) atoms. The van der Waals surface area contributed by atoms with Crippen molar-refractivity contribution in [3.05, 3.63) is 0 Å². The first-order chi connectivity index (χ1) is 5.12. The van der Waals surface area contributed by atoms with E-state index < -0.39 is 17.5 Å². The minimum atomic E-state index is -2.44. The van der Waals surface area contributed by atoms with E-state index in [9.17, 15) is 8.42 Å². The van der Waals surface area contributed by atoms with Crippen LogP contribution in [-0.4, -0.2) is 38.8 Å². The molecule has 0 amide bonds. The predicted octanol–water partition coefficient (Wildman–Crippen LogP) is -0.343. The molecule has 8 heteroatoms. The van der Waals surface area contributed by atoms with Crippen molar-refractivity contribution in [2.45, 2.75) is 0 Å². The van der Waals surface area contributed by atoms with Gasteiger partial charge in [0.2, 0.25) is 0 Å². The lowest BCUT2D eigenvalue weighted by Crippen LogP contribution is -1.93. The van der Waals surface area contributed by atoms with Crippen molar-refractivity contribution in [1.82, 2.24) is 0 Å². The summed E-state index contributed by atoms with van der Waals surface area (Å²) in [7, 11) is -2.88. The van der Waals surface area contributed by atoms with Crippen LogP contribution in [0.15, 0.2) is 0 Å². The molecule has 0 spiro atoms. The number of thiol groups is 1. The van der Waals surface area contributed by atoms with Gasteiger partial charge >= 0.3 is 0 Å². The smallest absolute Gasteiger partial charge is 0.140 e. The molecule has 0 rings (SSSR count). The van der Waals surface area contributed by atoms with E-state index in [1.54, 1.807) is 6.26 Å². The molecule has 0 aliphatic heterocycles. The van der Waals surface area contributed by atoms with Crippen LogP contribution < -0.4 is 0 Å². The second-order valence-electron chi connectivity index (χ2n) is 1.82. The van der Waals surface area contributed by atoms with Crippen LogP contribution in [0.5, 0.6) is 0 Å². The van der Waals surface area contributed by atoms with Gasteiger partial charge in [-0.15, -0.1) is 10.3 Å². The van der Waals surface area contributed by atoms with E-state index in [4.69, 9.17) is 4.55 Å². The molecule has 0 aromatic rings. The summed E-state index contributed by atoms with van der Waals surface area (Å²) in [6.07, 6.45) is 4.33. The molecule has 0 aliphatic carbocycles. The molecule has 0 heterocycles. The Kier molecular flexibility index (Phi) is 7.99. The van der Waals surface area contributed by atoms with Crippen molar-refractivity contribution >= 4 is 39.1 Å². The van der Waals surface area contributed by atoms with Gasteiger partial charge in [0.15, 0.2) is 0 Å². The Balaban J connectivity index is 0. The molecule has 4 nitrogen and oxygen atoms in total. The van der Waals surface area contributed by atoms with E-state index in [2.05, 4.69) is 15.4 Å². The molecular formula is C4H14O4S4. The minimum absolute atomic E-state index is 0.558. The van der Waals surface area contributed by atoms with Crippen molar-refractivity contribution in [3.8, 4) is 0 Å². The standard InChI is InChI=1S/C2H8O2S2.C2H6O2S2/c1-5-6(2,3)4;1-4-6(2,3)5/h5H,1-2H3,(H,3,4);1-2H3. The van der Waals surface area contributed by atoms with Crippen LogP contribution in [0, 0.1) is 0 Å². The molecule has 1 N–H and O–H groups in total. The summed E-state index contributed by atoms with van der Waals surface area (Å²) in [5, 5.41) is 0. The Morgan fingerprint density at radius 3 is 1.58 bits per heavy atom. The fraction of sp³-hybridized carbons (Fsp3) is 1.00. The SMILES string of the molecule is COS(C)(=O)=S.C[SH]=S(C)(=O)O. The maximum absolute atomic E-state index is 10.1. The van der Waals surface area contributed by atoms with Gasteiger partial charge in [0, 0.05) is 23.7 Å². The van der Waals surface area contributed by atoms with Crippen molar-refractivity contribution in [1.29, 1.82) is 0 Å². The molecule has 0 aliphatic rings. The molecule has 0 fully saturated rings. The Bertz CT molecular complexity index is 300. The van der Waals surface area contributed by atoms with Crippen LogP contribution >= 0.6 is 0 Å². The first kappa shape index (κ1) is 15.3. The monoisotopic (exact) mass is 254 g/mol. The Morgan fingerprint density at radius 2 is 1.58 bits per heavy atom. The van der Waals surface area contributed by atoms with Crippen LogP contribution in [-0.2, 0) is 43.2 Å². The lowest BCUT2D eigenvalue weighted by atomic mass is 11.8. The van der Waals surface area contributed by atoms with E-state index in [-0.39, 0.29) is 0 Å². The second kappa shape index (κ2) is 6.28. The maximum Gasteiger partial charge on any atom is 0.140 e. The van der Waals surface area contributed by atoms with E-state index in [1.807, 2.05) is 0 Å². The average molecular weight is 254 g/mol. The number of rotatable bonds is 1. The van der Waals surface area contributed by atoms with Gasteiger partial charge in [-0.25, -0.2) is 8.42 Å². The van der Waals surface area contributed by atoms with E-state index in [0.29, 0.717) is 10.3 Å². The zero-order chi connectivity index (χ0) is 10.4. The second-order valence-corrected chi connectivity index (χ2v) is 10.4. The van der Waals surface area contributed by atoms with E-state index in [0.717, 1.165) is 0 Å². The van der Waals surface area contributed by atoms with E-state index in [1.165, 1.54) is 19.6 Å². The summed E-state index contributed by atoms with van der Waals surface area (Å²) in [4.78, 5) is 0. The topological polar surface area (TPSA) is 63.6 Å². The van der Waals surface area contributed by atoms with Crippen LogP contribution in [0.3, 0.4) is 0 Å². The number of hydrogen-bond donors (Lipinski definition) is 2. The summed E-state index contributed by atoms with van der Waals surface area (Å²) in [6.45, 7) is 0. The van der Waals surface area contributed by atoms with Crippen molar-refractivity contribution < 1.29 is 17.2 Å². The van der Waals surface area contributed by atoms with Gasteiger partial charge in [-0.3, -0.25) is 4.18 Å². The maximum atomic E-state index is 10.1. The van der Waals surface area contributed by atoms with Gasteiger partial charge < -0.3 is 4.55 Å². The van der Waals surface area contributed by atoms with Gasteiger partial charge in [0.25, 0.3) is 0 Å². The van der Waals surface area contributed by atoms with Crippen molar-refractivity contribution in [3.63, 3.8) is 0 Å². The summed E-state index contributed by atoms with van der Waals surface area (Å²) in [6, 6.07) is 0. The fourth-order valence-corrected chi connectivity index (χ4v) is 0. The van der Waals surface area contributed by atoms with Crippen molar-refractivity contribution in [2.24, 2.45) is 0 Å². The highest BCUT2D eigenvalue weighted by Gasteiger charge is 1.85. The summed E-state index contributed by atoms with van der Waals surface area (Å²) >= 11 is 4.29. The van der Waals surface area contributed by atoms with Gasteiger partial charge in [0.05, 0.1) is 15.9 Å². The molecule has 0 saturated heterocycles. The molecule has 2 atom stereocenters. The summed E-state index contributed by atoms with van der Waals surface area (Å²) in [5.41, 5.74) is 0. The lowest BCUT2D eigenvalue weighted by molar-refractivity contribution is 0.448. The predicted molar refractivity (Wildman–Crippen MR) is 59.8 cm³/mol. The first-order valence-corrected chi connectivity index (χ1v) is 9.39. The molecular weight excluding hydrogens is 240 g/mol. The average Bonchev–Trinajstić information content (AvgIpc) is 1.86. The highest BCUT2D eigenvalue weighted by atomic mass is 32.9. The largest absolute Gasteiger partial charge is 0.310 e. The molecule has 0 radical (unpaired) electrons. The molecule has 2 unspecified atom stereocenters. The molecule has 78 valence electrons. The normalized spacial score (nSPS) is 19.8. The zero-order valence-electron chi connectivity index (χ0n) is 7.34. The molecule has 0 aromatic carbocycles. The van der Waals surface area contributed by atoms with Crippen LogP contribution in [0.4, 0.5) is 0 Å². The lowest BCUT2D eigenvalue weighted by Gasteiger charge is -1.88. The van der Waals surface area contributed by atoms with Crippen LogP contribution in [0.2, 0.25) is 0 Å². The quantitative estimate of drug-likeness (QED) is 0.627. The third-order valence-electron chi connectivity index (χ3n) is 0.642. The minimum Gasteiger partial charge on any atom is -0.310 e. The number of hydrogen-bond acceptors (Lipinski definition) is 4. The Morgan fingerprint density at radius 1 is 1.42 bits per heavy atom. The molecule has 0 bridgehead atoms. The summed E-state index contributed by atoms with van der Waals surface area (Å²) in [5.74, 6) is 0. The van der Waals surface area contributed by atoms with Gasteiger partial charge in [-0.2, -0.15) is 0 Å². The highest BCUT2D eigenvalue weighted by Crippen LogP contribution is 1.77. The third kappa shape index (κ3) is 22.4. The van der Waals surface area contributed by atoms with Gasteiger partial charge in [0.1, 0.15) is 8.77 Å². The summed E-state index contributed by atoms with van der Waals surface area (Å²) < 4.78 is 32.9. The van der Waals surface area contributed by atoms with Crippen LogP contribution in [0.25, 0.3) is 0 Å². The van der Waals surface area contributed by atoms with E-state index >= 15 is 0 Å². The van der Waals surface area contributed by atoms with Gasteiger partial charge in [-0.05, 0) is 6.26 Å². The Labute approximate surface area is 82.0 Å². The van der Waals surface area contributed by atoms with Gasteiger partial charge in [-0.1, -0.05) is 0 Å². The first-order valence-electron chi connectivity index (χ1n) is 2.70. The third-order valence-corrected chi connectivity index (χ3v) is 4.37. The van der Waals surface area contributed by atoms with Crippen molar-refractivity contribution in [2.75, 3.05) is 25.9 Å². The van der Waals surface area contributed by atoms with Crippen LogP contribution in [0.1, 0.15) is 0 Å². The molecule has 0 saturated carbocycles. The fourth-order valence-electron chi connectivity index (χ4n) is 0.